The van der Waals surface area contributed by atoms with Gasteiger partial charge in [-0.1, -0.05) is 17.7 Å². The maximum absolute atomic E-state index is 11.4. The number of anilines is 1. The number of benzene rings is 1. The number of hydrogen-bond acceptors (Lipinski definition) is 3. The van der Waals surface area contributed by atoms with Crippen LogP contribution in [0.25, 0.3) is 10.9 Å². The summed E-state index contributed by atoms with van der Waals surface area (Å²) in [5.41, 5.74) is 2.53. The molecule has 0 N–H and O–H groups in total. The van der Waals surface area contributed by atoms with Gasteiger partial charge in [0.05, 0.1) is 11.1 Å². The predicted octanol–water partition coefficient (Wildman–Crippen LogP) is 4.00. The highest BCUT2D eigenvalue weighted by Gasteiger charge is 2.17. The van der Waals surface area contributed by atoms with Gasteiger partial charge in [0.25, 0.3) is 0 Å². The fourth-order valence-corrected chi connectivity index (χ4v) is 2.96. The number of carbonyl (C=O) groups excluding carboxylic acids is 1. The third-order valence-electron chi connectivity index (χ3n) is 3.97. The van der Waals surface area contributed by atoms with E-state index in [-0.39, 0.29) is 0 Å². The highest BCUT2D eigenvalue weighted by molar-refractivity contribution is 6.32. The van der Waals surface area contributed by atoms with Crippen LogP contribution in [0.15, 0.2) is 18.2 Å². The number of carbonyl (C=O) groups is 1. The number of aromatic nitrogens is 1. The maximum Gasteiger partial charge on any atom is 0.153 e. The van der Waals surface area contributed by atoms with Crippen molar-refractivity contribution in [3.8, 4) is 0 Å². The van der Waals surface area contributed by atoms with Crippen molar-refractivity contribution in [2.24, 2.45) is 0 Å². The molecule has 0 atom stereocenters. The van der Waals surface area contributed by atoms with Crippen LogP contribution in [-0.2, 0) is 0 Å². The van der Waals surface area contributed by atoms with Gasteiger partial charge in [0.15, 0.2) is 6.29 Å². The predicted molar refractivity (Wildman–Crippen MR) is 82.9 cm³/mol. The molecule has 4 heteroatoms. The van der Waals surface area contributed by atoms with E-state index in [2.05, 4.69) is 4.90 Å². The molecule has 3 nitrogen and oxygen atoms in total. The Morgan fingerprint density at radius 1 is 1.25 bits per heavy atom. The number of nitrogens with zero attached hydrogens (tertiary/aromatic N) is 2. The van der Waals surface area contributed by atoms with Crippen molar-refractivity contribution < 1.29 is 4.79 Å². The van der Waals surface area contributed by atoms with Crippen LogP contribution < -0.4 is 4.90 Å². The van der Waals surface area contributed by atoms with Gasteiger partial charge in [0.1, 0.15) is 5.82 Å². The van der Waals surface area contributed by atoms with E-state index in [4.69, 9.17) is 16.6 Å². The van der Waals surface area contributed by atoms with Gasteiger partial charge >= 0.3 is 0 Å². The van der Waals surface area contributed by atoms with E-state index in [1.54, 1.807) is 0 Å². The number of fused-ring (bicyclic) bond motifs is 1. The van der Waals surface area contributed by atoms with Gasteiger partial charge in [-0.3, -0.25) is 4.79 Å². The van der Waals surface area contributed by atoms with Crippen LogP contribution in [0.5, 0.6) is 0 Å². The van der Waals surface area contributed by atoms with Gasteiger partial charge in [0, 0.05) is 23.5 Å². The first-order valence-corrected chi connectivity index (χ1v) is 7.38. The summed E-state index contributed by atoms with van der Waals surface area (Å²) in [5, 5.41) is 1.68. The Bertz CT molecular complexity index is 663. The first-order chi connectivity index (χ1) is 9.70. The third kappa shape index (κ3) is 2.27. The summed E-state index contributed by atoms with van der Waals surface area (Å²) >= 11 is 6.18. The van der Waals surface area contributed by atoms with Gasteiger partial charge in [-0.15, -0.1) is 0 Å². The summed E-state index contributed by atoms with van der Waals surface area (Å²) in [6.07, 6.45) is 4.48. The van der Waals surface area contributed by atoms with E-state index in [1.165, 1.54) is 6.42 Å². The van der Waals surface area contributed by atoms with Crippen LogP contribution in [-0.4, -0.2) is 24.4 Å². The smallest absolute Gasteiger partial charge is 0.153 e. The van der Waals surface area contributed by atoms with Crippen molar-refractivity contribution in [2.75, 3.05) is 18.0 Å². The van der Waals surface area contributed by atoms with Crippen LogP contribution in [0.3, 0.4) is 0 Å². The standard InChI is InChI=1S/C16H17ClN2O/c1-11-14(17)6-5-12-9-13(10-20)16(18-15(11)12)19-7-3-2-4-8-19/h5-6,9-10H,2-4,7-8H2,1H3. The molecule has 1 saturated heterocycles. The molecule has 20 heavy (non-hydrogen) atoms. The largest absolute Gasteiger partial charge is 0.356 e. The second kappa shape index (κ2) is 5.41. The third-order valence-corrected chi connectivity index (χ3v) is 4.38. The number of rotatable bonds is 2. The molecule has 104 valence electrons. The molecule has 0 spiro atoms. The summed E-state index contributed by atoms with van der Waals surface area (Å²) in [6.45, 7) is 3.91. The van der Waals surface area contributed by atoms with Crippen molar-refractivity contribution in [1.82, 2.24) is 4.98 Å². The number of halogens is 1. The monoisotopic (exact) mass is 288 g/mol. The van der Waals surface area contributed by atoms with Crippen molar-refractivity contribution >= 4 is 34.6 Å². The Morgan fingerprint density at radius 3 is 2.70 bits per heavy atom. The van der Waals surface area contributed by atoms with Gasteiger partial charge in [-0.2, -0.15) is 0 Å². The number of pyridine rings is 1. The summed E-state index contributed by atoms with van der Waals surface area (Å²) in [4.78, 5) is 18.3. The SMILES string of the molecule is Cc1c(Cl)ccc2cc(C=O)c(N3CCCCC3)nc12. The highest BCUT2D eigenvalue weighted by atomic mass is 35.5. The fraction of sp³-hybridized carbons (Fsp3) is 0.375. The Labute approximate surface area is 123 Å². The van der Waals surface area contributed by atoms with Crippen molar-refractivity contribution in [3.63, 3.8) is 0 Å². The topological polar surface area (TPSA) is 33.2 Å². The highest BCUT2D eigenvalue weighted by Crippen LogP contribution is 2.29. The van der Waals surface area contributed by atoms with E-state index in [1.807, 2.05) is 25.1 Å². The zero-order chi connectivity index (χ0) is 14.1. The molecule has 0 saturated carbocycles. The average molecular weight is 289 g/mol. The molecular formula is C16H17ClN2O. The van der Waals surface area contributed by atoms with Crippen molar-refractivity contribution in [3.05, 3.63) is 34.3 Å². The molecule has 1 aromatic carbocycles. The molecule has 1 fully saturated rings. The van der Waals surface area contributed by atoms with E-state index in [0.29, 0.717) is 10.6 Å². The average Bonchev–Trinajstić information content (AvgIpc) is 2.51. The van der Waals surface area contributed by atoms with Gasteiger partial charge in [0.2, 0.25) is 0 Å². The lowest BCUT2D eigenvalue weighted by Gasteiger charge is -2.29. The minimum atomic E-state index is 0.668. The van der Waals surface area contributed by atoms with E-state index >= 15 is 0 Å². The van der Waals surface area contributed by atoms with Crippen LogP contribution >= 0.6 is 11.6 Å². The molecule has 1 aliphatic rings. The second-order valence-electron chi connectivity index (χ2n) is 5.31. The molecular weight excluding hydrogens is 272 g/mol. The minimum absolute atomic E-state index is 0.668. The molecule has 0 bridgehead atoms. The second-order valence-corrected chi connectivity index (χ2v) is 5.72. The summed E-state index contributed by atoms with van der Waals surface area (Å²) in [5.74, 6) is 0.803. The number of hydrogen-bond donors (Lipinski definition) is 0. The van der Waals surface area contributed by atoms with Crippen LogP contribution in [0.4, 0.5) is 5.82 Å². The number of aldehydes is 1. The molecule has 0 unspecified atom stereocenters. The molecule has 2 aromatic rings. The first-order valence-electron chi connectivity index (χ1n) is 7.00. The van der Waals surface area contributed by atoms with E-state index in [0.717, 1.165) is 54.5 Å². The van der Waals surface area contributed by atoms with Crippen molar-refractivity contribution in [1.29, 1.82) is 0 Å². The maximum atomic E-state index is 11.4. The van der Waals surface area contributed by atoms with E-state index < -0.39 is 0 Å². The van der Waals surface area contributed by atoms with Crippen LogP contribution in [0, 0.1) is 6.92 Å². The summed E-state index contributed by atoms with van der Waals surface area (Å²) in [7, 11) is 0. The quantitative estimate of drug-likeness (QED) is 0.783. The molecule has 1 aromatic heterocycles. The Balaban J connectivity index is 2.18. The number of piperidine rings is 1. The lowest BCUT2D eigenvalue weighted by Crippen LogP contribution is -2.31. The van der Waals surface area contributed by atoms with Crippen LogP contribution in [0.1, 0.15) is 35.2 Å². The lowest BCUT2D eigenvalue weighted by atomic mass is 10.1. The molecule has 0 radical (unpaired) electrons. The molecule has 2 heterocycles. The van der Waals surface area contributed by atoms with Gasteiger partial charge in [-0.05, 0) is 43.9 Å². The summed E-state index contributed by atoms with van der Waals surface area (Å²) in [6, 6.07) is 5.70. The Morgan fingerprint density at radius 2 is 2.00 bits per heavy atom. The van der Waals surface area contributed by atoms with Crippen LogP contribution in [0.2, 0.25) is 5.02 Å². The number of aryl methyl sites for hydroxylation is 1. The Hall–Kier alpha value is -1.61. The summed E-state index contributed by atoms with van der Waals surface area (Å²) < 4.78 is 0. The van der Waals surface area contributed by atoms with E-state index in [9.17, 15) is 4.79 Å². The normalized spacial score (nSPS) is 15.6. The van der Waals surface area contributed by atoms with Gasteiger partial charge in [-0.25, -0.2) is 4.98 Å². The first kappa shape index (κ1) is 13.4. The zero-order valence-corrected chi connectivity index (χ0v) is 12.3. The molecule has 0 amide bonds. The lowest BCUT2D eigenvalue weighted by molar-refractivity contribution is 0.112. The fourth-order valence-electron chi connectivity index (χ4n) is 2.81. The minimum Gasteiger partial charge on any atom is -0.356 e. The zero-order valence-electron chi connectivity index (χ0n) is 11.5. The van der Waals surface area contributed by atoms with Crippen molar-refractivity contribution in [2.45, 2.75) is 26.2 Å². The molecule has 1 aliphatic heterocycles. The van der Waals surface area contributed by atoms with Gasteiger partial charge < -0.3 is 4.90 Å². The molecule has 0 aliphatic carbocycles. The Kier molecular flexibility index (Phi) is 3.62. The molecule has 3 rings (SSSR count).